The van der Waals surface area contributed by atoms with Gasteiger partial charge in [0.25, 0.3) is 5.95 Å². The molecule has 3 aliphatic rings. The summed E-state index contributed by atoms with van der Waals surface area (Å²) >= 11 is 6.14. The molecule has 8 nitrogen and oxygen atoms in total. The molecule has 1 N–H and O–H groups in total. The molecule has 1 saturated heterocycles. The van der Waals surface area contributed by atoms with E-state index >= 15 is 0 Å². The number of imide groups is 1. The Hall–Kier alpha value is -3.65. The second kappa shape index (κ2) is 8.53. The molecule has 1 aliphatic carbocycles. The standard InChI is InChI=1S/C26H24ClN5O3/c1-35-18-12-8-15(9-13-18)21-14-22(16-6-10-17(27)11-7-16)32-25(28-21)29-26(30-32)31-23(33)19-4-2-3-5-20(19)24(31)34/h2-3,6-13,19-22H,4-5,14H2,1H3,(H,28,29,30)/t19-,20+,21-,22-/m1/s1. The third kappa shape index (κ3) is 3.69. The molecule has 3 aromatic rings. The van der Waals surface area contributed by atoms with Gasteiger partial charge in [0.2, 0.25) is 17.8 Å². The van der Waals surface area contributed by atoms with Gasteiger partial charge in [-0.3, -0.25) is 9.59 Å². The van der Waals surface area contributed by atoms with Gasteiger partial charge in [-0.05, 0) is 54.7 Å². The van der Waals surface area contributed by atoms with E-state index in [-0.39, 0.29) is 41.7 Å². The zero-order chi connectivity index (χ0) is 24.1. The second-order valence-corrected chi connectivity index (χ2v) is 9.56. The quantitative estimate of drug-likeness (QED) is 0.427. The molecule has 0 saturated carbocycles. The number of aromatic nitrogens is 3. The minimum absolute atomic E-state index is 0.0529. The number of fused-ring (bicyclic) bond motifs is 2. The van der Waals surface area contributed by atoms with Crippen LogP contribution in [0.15, 0.2) is 60.7 Å². The van der Waals surface area contributed by atoms with Gasteiger partial charge in [0.1, 0.15) is 5.75 Å². The van der Waals surface area contributed by atoms with Gasteiger partial charge in [-0.15, -0.1) is 5.10 Å². The first kappa shape index (κ1) is 21.9. The van der Waals surface area contributed by atoms with Gasteiger partial charge in [0.05, 0.1) is 31.0 Å². The van der Waals surface area contributed by atoms with E-state index in [2.05, 4.69) is 15.4 Å². The van der Waals surface area contributed by atoms with Gasteiger partial charge >= 0.3 is 0 Å². The number of carbonyl (C=O) groups excluding carboxylic acids is 2. The summed E-state index contributed by atoms with van der Waals surface area (Å²) in [4.78, 5) is 32.1. The van der Waals surface area contributed by atoms with Crippen molar-refractivity contribution in [2.24, 2.45) is 11.8 Å². The van der Waals surface area contributed by atoms with Gasteiger partial charge in [-0.1, -0.05) is 48.0 Å². The van der Waals surface area contributed by atoms with E-state index in [9.17, 15) is 9.59 Å². The Bertz CT molecular complexity index is 1290. The summed E-state index contributed by atoms with van der Waals surface area (Å²) < 4.78 is 7.08. The maximum Gasteiger partial charge on any atom is 0.260 e. The number of hydrogen-bond donors (Lipinski definition) is 1. The van der Waals surface area contributed by atoms with Crippen LogP contribution in [-0.4, -0.2) is 33.7 Å². The van der Waals surface area contributed by atoms with Crippen LogP contribution in [-0.2, 0) is 9.59 Å². The van der Waals surface area contributed by atoms with E-state index < -0.39 is 0 Å². The first-order valence-electron chi connectivity index (χ1n) is 11.7. The Balaban J connectivity index is 1.39. The van der Waals surface area contributed by atoms with E-state index in [0.29, 0.717) is 30.2 Å². The Morgan fingerprint density at radius 1 is 0.943 bits per heavy atom. The first-order chi connectivity index (χ1) is 17.0. The highest BCUT2D eigenvalue weighted by Crippen LogP contribution is 2.41. The Kier molecular flexibility index (Phi) is 5.33. The number of carbonyl (C=O) groups is 2. The first-order valence-corrected chi connectivity index (χ1v) is 12.1. The third-order valence-corrected chi connectivity index (χ3v) is 7.41. The fraction of sp³-hybridized carbons (Fsp3) is 0.308. The van der Waals surface area contributed by atoms with Crippen molar-refractivity contribution in [1.82, 2.24) is 14.8 Å². The minimum atomic E-state index is -0.333. The topological polar surface area (TPSA) is 89.4 Å². The summed E-state index contributed by atoms with van der Waals surface area (Å²) in [5, 5.41) is 8.79. The lowest BCUT2D eigenvalue weighted by atomic mass is 9.85. The number of rotatable bonds is 4. The number of methoxy groups -OCH3 is 1. The number of nitrogens with zero attached hydrogens (tertiary/aromatic N) is 4. The van der Waals surface area contributed by atoms with Crippen molar-refractivity contribution in [1.29, 1.82) is 0 Å². The van der Waals surface area contributed by atoms with Crippen molar-refractivity contribution in [3.8, 4) is 5.75 Å². The largest absolute Gasteiger partial charge is 0.497 e. The highest BCUT2D eigenvalue weighted by molar-refractivity contribution is 6.30. The highest BCUT2D eigenvalue weighted by atomic mass is 35.5. The molecule has 178 valence electrons. The number of amides is 2. The van der Waals surface area contributed by atoms with Crippen molar-refractivity contribution >= 4 is 35.3 Å². The predicted molar refractivity (Wildman–Crippen MR) is 131 cm³/mol. The van der Waals surface area contributed by atoms with Gasteiger partial charge in [0, 0.05) is 5.02 Å². The fourth-order valence-electron chi connectivity index (χ4n) is 5.28. The average molecular weight is 490 g/mol. The molecule has 4 atom stereocenters. The Morgan fingerprint density at radius 2 is 1.57 bits per heavy atom. The molecule has 2 amide bonds. The molecule has 2 aliphatic heterocycles. The average Bonchev–Trinajstić information content (AvgIpc) is 3.42. The zero-order valence-electron chi connectivity index (χ0n) is 19.1. The van der Waals surface area contributed by atoms with E-state index in [1.54, 1.807) is 11.8 Å². The van der Waals surface area contributed by atoms with Crippen molar-refractivity contribution in [3.05, 3.63) is 76.8 Å². The highest BCUT2D eigenvalue weighted by Gasteiger charge is 2.50. The maximum atomic E-state index is 13.1. The summed E-state index contributed by atoms with van der Waals surface area (Å²) in [5.74, 6) is 0.322. The zero-order valence-corrected chi connectivity index (χ0v) is 19.9. The second-order valence-electron chi connectivity index (χ2n) is 9.12. The molecule has 0 radical (unpaired) electrons. The monoisotopic (exact) mass is 489 g/mol. The molecule has 35 heavy (non-hydrogen) atoms. The molecule has 0 bridgehead atoms. The van der Waals surface area contributed by atoms with Crippen molar-refractivity contribution in [2.75, 3.05) is 17.3 Å². The lowest BCUT2D eigenvalue weighted by molar-refractivity contribution is -0.122. The summed E-state index contributed by atoms with van der Waals surface area (Å²) in [6.45, 7) is 0. The molecule has 1 aromatic heterocycles. The predicted octanol–water partition coefficient (Wildman–Crippen LogP) is 4.54. The SMILES string of the molecule is COc1ccc([C@H]2C[C@H](c3ccc(Cl)cc3)n3nc(N4C(=O)[C@H]5CC=CC[C@H]5C4=O)nc3N2)cc1. The van der Waals surface area contributed by atoms with Crippen molar-refractivity contribution in [3.63, 3.8) is 0 Å². The molecule has 0 unspecified atom stereocenters. The van der Waals surface area contributed by atoms with Crippen LogP contribution in [0.5, 0.6) is 5.75 Å². The summed E-state index contributed by atoms with van der Waals surface area (Å²) in [6.07, 6.45) is 5.79. The smallest absolute Gasteiger partial charge is 0.260 e. The van der Waals surface area contributed by atoms with Crippen LogP contribution in [0.3, 0.4) is 0 Å². The van der Waals surface area contributed by atoms with Crippen LogP contribution < -0.4 is 15.0 Å². The van der Waals surface area contributed by atoms with E-state index in [1.165, 1.54) is 4.90 Å². The third-order valence-electron chi connectivity index (χ3n) is 7.16. The Morgan fingerprint density at radius 3 is 2.20 bits per heavy atom. The maximum absolute atomic E-state index is 13.1. The Labute approximate surface area is 207 Å². The number of halogens is 1. The van der Waals surface area contributed by atoms with Crippen molar-refractivity contribution in [2.45, 2.75) is 31.3 Å². The van der Waals surface area contributed by atoms with E-state index in [4.69, 9.17) is 16.3 Å². The van der Waals surface area contributed by atoms with Crippen molar-refractivity contribution < 1.29 is 14.3 Å². The minimum Gasteiger partial charge on any atom is -0.497 e. The fourth-order valence-corrected chi connectivity index (χ4v) is 5.40. The van der Waals surface area contributed by atoms with Crippen LogP contribution >= 0.6 is 11.6 Å². The van der Waals surface area contributed by atoms with Crippen LogP contribution in [0, 0.1) is 11.8 Å². The molecular weight excluding hydrogens is 466 g/mol. The summed E-state index contributed by atoms with van der Waals surface area (Å²) in [7, 11) is 1.64. The molecule has 0 spiro atoms. The number of benzene rings is 2. The lowest BCUT2D eigenvalue weighted by Crippen LogP contribution is -2.32. The van der Waals surface area contributed by atoms with Gasteiger partial charge < -0.3 is 10.1 Å². The van der Waals surface area contributed by atoms with Crippen LogP contribution in [0.4, 0.5) is 11.9 Å². The number of anilines is 2. The molecule has 1 fully saturated rings. The molecule has 2 aromatic carbocycles. The molecule has 6 rings (SSSR count). The number of allylic oxidation sites excluding steroid dienone is 2. The molecular formula is C26H24ClN5O3. The van der Waals surface area contributed by atoms with Crippen LogP contribution in [0.25, 0.3) is 0 Å². The van der Waals surface area contributed by atoms with Gasteiger partial charge in [-0.2, -0.15) is 4.98 Å². The van der Waals surface area contributed by atoms with E-state index in [1.807, 2.05) is 60.7 Å². The van der Waals surface area contributed by atoms with Crippen LogP contribution in [0.2, 0.25) is 5.02 Å². The van der Waals surface area contributed by atoms with E-state index in [0.717, 1.165) is 16.9 Å². The molecule has 3 heterocycles. The summed E-state index contributed by atoms with van der Waals surface area (Å²) in [5.41, 5.74) is 2.09. The molecule has 9 heteroatoms. The number of nitrogens with one attached hydrogen (secondary N) is 1. The lowest BCUT2D eigenvalue weighted by Gasteiger charge is -2.31. The van der Waals surface area contributed by atoms with Gasteiger partial charge in [-0.25, -0.2) is 9.58 Å². The normalized spacial score (nSPS) is 25.3. The van der Waals surface area contributed by atoms with Crippen LogP contribution in [0.1, 0.15) is 42.5 Å². The summed E-state index contributed by atoms with van der Waals surface area (Å²) in [6, 6.07) is 15.3. The number of ether oxygens (including phenoxy) is 1. The number of hydrogen-bond acceptors (Lipinski definition) is 6. The van der Waals surface area contributed by atoms with Gasteiger partial charge in [0.15, 0.2) is 0 Å².